The van der Waals surface area contributed by atoms with Gasteiger partial charge in [-0.3, -0.25) is 4.79 Å². The third-order valence-electron chi connectivity index (χ3n) is 2.61. The lowest BCUT2D eigenvalue weighted by atomic mass is 10.1. The van der Waals surface area contributed by atoms with Gasteiger partial charge < -0.3 is 20.5 Å². The van der Waals surface area contributed by atoms with Crippen molar-refractivity contribution < 1.29 is 14.3 Å². The number of nitrogens with one attached hydrogen (secondary N) is 1. The van der Waals surface area contributed by atoms with Crippen LogP contribution in [0.1, 0.15) is 12.5 Å². The molecule has 0 fully saturated rings. The Balaban J connectivity index is 2.47. The van der Waals surface area contributed by atoms with E-state index in [-0.39, 0.29) is 18.6 Å². The number of methoxy groups -OCH3 is 1. The molecule has 1 atom stereocenters. The van der Waals surface area contributed by atoms with Gasteiger partial charge >= 0.3 is 0 Å². The number of carbonyl (C=O) groups excluding carboxylic acids is 1. The van der Waals surface area contributed by atoms with Crippen molar-refractivity contribution in [3.8, 4) is 5.75 Å². The van der Waals surface area contributed by atoms with Crippen molar-refractivity contribution in [2.45, 2.75) is 19.4 Å². The van der Waals surface area contributed by atoms with E-state index in [0.717, 1.165) is 12.0 Å². The third-order valence-corrected chi connectivity index (χ3v) is 2.91. The number of halogens is 1. The van der Waals surface area contributed by atoms with Gasteiger partial charge in [-0.2, -0.15) is 0 Å². The number of benzene rings is 1. The molecule has 0 radical (unpaired) electrons. The number of hydrogen-bond acceptors (Lipinski definition) is 4. The van der Waals surface area contributed by atoms with Gasteiger partial charge in [-0.05, 0) is 37.6 Å². The second kappa shape index (κ2) is 8.79. The highest BCUT2D eigenvalue weighted by Gasteiger charge is 2.09. The molecule has 1 unspecified atom stereocenters. The van der Waals surface area contributed by atoms with Crippen LogP contribution >= 0.6 is 11.6 Å². The SMILES string of the molecule is COCC(C)NC(=O)COc1ccc(CCN)cc1Cl. The van der Waals surface area contributed by atoms with Crippen molar-refractivity contribution in [2.75, 3.05) is 26.9 Å². The molecular weight excluding hydrogens is 280 g/mol. The zero-order valence-corrected chi connectivity index (χ0v) is 12.6. The van der Waals surface area contributed by atoms with Crippen molar-refractivity contribution in [2.24, 2.45) is 5.73 Å². The lowest BCUT2D eigenvalue weighted by Crippen LogP contribution is -2.38. The van der Waals surface area contributed by atoms with Gasteiger partial charge in [0.25, 0.3) is 5.91 Å². The molecule has 0 bridgehead atoms. The van der Waals surface area contributed by atoms with Crippen LogP contribution in [-0.4, -0.2) is 38.8 Å². The van der Waals surface area contributed by atoms with Crippen LogP contribution in [0.15, 0.2) is 18.2 Å². The van der Waals surface area contributed by atoms with Crippen molar-refractivity contribution in [1.29, 1.82) is 0 Å². The van der Waals surface area contributed by atoms with Crippen LogP contribution in [0, 0.1) is 0 Å². The first-order valence-corrected chi connectivity index (χ1v) is 6.84. The average Bonchev–Trinajstić information content (AvgIpc) is 2.38. The van der Waals surface area contributed by atoms with Crippen molar-refractivity contribution in [3.05, 3.63) is 28.8 Å². The molecule has 0 aliphatic rings. The van der Waals surface area contributed by atoms with Crippen LogP contribution in [0.3, 0.4) is 0 Å². The predicted octanol–water partition coefficient (Wildman–Crippen LogP) is 1.37. The van der Waals surface area contributed by atoms with Crippen LogP contribution < -0.4 is 15.8 Å². The second-order valence-electron chi connectivity index (χ2n) is 4.52. The van der Waals surface area contributed by atoms with E-state index >= 15 is 0 Å². The molecule has 0 saturated carbocycles. The maximum Gasteiger partial charge on any atom is 0.258 e. The van der Waals surface area contributed by atoms with E-state index in [2.05, 4.69) is 5.32 Å². The number of carbonyl (C=O) groups is 1. The monoisotopic (exact) mass is 300 g/mol. The lowest BCUT2D eigenvalue weighted by molar-refractivity contribution is -0.124. The summed E-state index contributed by atoms with van der Waals surface area (Å²) in [6.07, 6.45) is 0.759. The average molecular weight is 301 g/mol. The molecule has 0 heterocycles. The Bertz CT molecular complexity index is 440. The standard InChI is InChI=1S/C14H21ClN2O3/c1-10(8-19-2)17-14(18)9-20-13-4-3-11(5-6-16)7-12(13)15/h3-4,7,10H,5-6,8-9,16H2,1-2H3,(H,17,18). The Kier molecular flexibility index (Phi) is 7.36. The predicted molar refractivity (Wildman–Crippen MR) is 79.2 cm³/mol. The maximum absolute atomic E-state index is 11.6. The molecular formula is C14H21ClN2O3. The molecule has 0 aliphatic carbocycles. The van der Waals surface area contributed by atoms with E-state index in [0.29, 0.717) is 23.9 Å². The highest BCUT2D eigenvalue weighted by atomic mass is 35.5. The fraction of sp³-hybridized carbons (Fsp3) is 0.500. The Morgan fingerprint density at radius 3 is 2.85 bits per heavy atom. The summed E-state index contributed by atoms with van der Waals surface area (Å²) in [5, 5.41) is 3.23. The number of nitrogens with two attached hydrogens (primary N) is 1. The summed E-state index contributed by atoms with van der Waals surface area (Å²) in [6, 6.07) is 5.38. The van der Waals surface area contributed by atoms with Gasteiger partial charge in [0.2, 0.25) is 0 Å². The van der Waals surface area contributed by atoms with Crippen LogP contribution in [-0.2, 0) is 16.0 Å². The molecule has 6 heteroatoms. The first-order chi connectivity index (χ1) is 9.56. The molecule has 5 nitrogen and oxygen atoms in total. The van der Waals surface area contributed by atoms with Crippen LogP contribution in [0.25, 0.3) is 0 Å². The van der Waals surface area contributed by atoms with Gasteiger partial charge in [0.05, 0.1) is 11.6 Å². The summed E-state index contributed by atoms with van der Waals surface area (Å²) in [5.41, 5.74) is 6.52. The Hall–Kier alpha value is -1.30. The molecule has 1 aromatic rings. The molecule has 0 spiro atoms. The zero-order chi connectivity index (χ0) is 15.0. The largest absolute Gasteiger partial charge is 0.482 e. The third kappa shape index (κ3) is 5.77. The Labute approximate surface area is 124 Å². The topological polar surface area (TPSA) is 73.6 Å². The molecule has 20 heavy (non-hydrogen) atoms. The smallest absolute Gasteiger partial charge is 0.258 e. The summed E-state index contributed by atoms with van der Waals surface area (Å²) in [6.45, 7) is 2.80. The maximum atomic E-state index is 11.6. The minimum Gasteiger partial charge on any atom is -0.482 e. The fourth-order valence-corrected chi connectivity index (χ4v) is 1.99. The Morgan fingerprint density at radius 2 is 2.25 bits per heavy atom. The quantitative estimate of drug-likeness (QED) is 0.760. The molecule has 0 saturated heterocycles. The van der Waals surface area contributed by atoms with Gasteiger partial charge in [-0.25, -0.2) is 0 Å². The summed E-state index contributed by atoms with van der Waals surface area (Å²) >= 11 is 6.09. The summed E-state index contributed by atoms with van der Waals surface area (Å²) < 4.78 is 10.3. The van der Waals surface area contributed by atoms with E-state index < -0.39 is 0 Å². The van der Waals surface area contributed by atoms with Crippen molar-refractivity contribution in [1.82, 2.24) is 5.32 Å². The van der Waals surface area contributed by atoms with Crippen LogP contribution in [0.4, 0.5) is 0 Å². The summed E-state index contributed by atoms with van der Waals surface area (Å²) in [5.74, 6) is 0.277. The summed E-state index contributed by atoms with van der Waals surface area (Å²) in [4.78, 5) is 11.6. The normalized spacial score (nSPS) is 12.0. The Morgan fingerprint density at radius 1 is 1.50 bits per heavy atom. The van der Waals surface area contributed by atoms with E-state index in [1.165, 1.54) is 0 Å². The fourth-order valence-electron chi connectivity index (χ4n) is 1.74. The molecule has 0 aromatic heterocycles. The van der Waals surface area contributed by atoms with Crippen molar-refractivity contribution in [3.63, 3.8) is 0 Å². The van der Waals surface area contributed by atoms with E-state index in [4.69, 9.17) is 26.8 Å². The van der Waals surface area contributed by atoms with Gasteiger partial charge in [0.15, 0.2) is 6.61 Å². The lowest BCUT2D eigenvalue weighted by Gasteiger charge is -2.14. The number of rotatable bonds is 8. The van der Waals surface area contributed by atoms with Gasteiger partial charge in [-0.1, -0.05) is 17.7 Å². The second-order valence-corrected chi connectivity index (χ2v) is 4.92. The van der Waals surface area contributed by atoms with Crippen LogP contribution in [0.5, 0.6) is 5.75 Å². The van der Waals surface area contributed by atoms with E-state index in [9.17, 15) is 4.79 Å². The molecule has 1 amide bonds. The van der Waals surface area contributed by atoms with Crippen LogP contribution in [0.2, 0.25) is 5.02 Å². The highest BCUT2D eigenvalue weighted by Crippen LogP contribution is 2.25. The minimum absolute atomic E-state index is 0.0569. The number of amides is 1. The van der Waals surface area contributed by atoms with Gasteiger partial charge in [-0.15, -0.1) is 0 Å². The van der Waals surface area contributed by atoms with Gasteiger partial charge in [0.1, 0.15) is 5.75 Å². The van der Waals surface area contributed by atoms with Crippen molar-refractivity contribution >= 4 is 17.5 Å². The summed E-state index contributed by atoms with van der Waals surface area (Å²) in [7, 11) is 1.59. The van der Waals surface area contributed by atoms with E-state index in [1.807, 2.05) is 13.0 Å². The molecule has 112 valence electrons. The highest BCUT2D eigenvalue weighted by molar-refractivity contribution is 6.32. The molecule has 3 N–H and O–H groups in total. The molecule has 1 rings (SSSR count). The molecule has 1 aromatic carbocycles. The first-order valence-electron chi connectivity index (χ1n) is 6.46. The zero-order valence-electron chi connectivity index (χ0n) is 11.8. The molecule has 0 aliphatic heterocycles. The first kappa shape index (κ1) is 16.8. The number of ether oxygens (including phenoxy) is 2. The minimum atomic E-state index is -0.211. The van der Waals surface area contributed by atoms with E-state index in [1.54, 1.807) is 19.2 Å². The van der Waals surface area contributed by atoms with Gasteiger partial charge in [0, 0.05) is 13.2 Å². The number of hydrogen-bond donors (Lipinski definition) is 2.